The molecule has 6 heteroatoms. The second-order valence-electron chi connectivity index (χ2n) is 5.45. The van der Waals surface area contributed by atoms with Gasteiger partial charge in [-0.25, -0.2) is 4.79 Å². The Kier molecular flexibility index (Phi) is 4.09. The molecule has 24 heavy (non-hydrogen) atoms. The van der Waals surface area contributed by atoms with Gasteiger partial charge in [-0.2, -0.15) is 0 Å². The van der Waals surface area contributed by atoms with Gasteiger partial charge in [0.05, 0.1) is 0 Å². The molecule has 2 atom stereocenters. The first-order valence-electron chi connectivity index (χ1n) is 7.61. The van der Waals surface area contributed by atoms with Crippen LogP contribution >= 0.6 is 0 Å². The van der Waals surface area contributed by atoms with Crippen LogP contribution in [0.25, 0.3) is 0 Å². The highest BCUT2D eigenvalue weighted by Gasteiger charge is 2.28. The number of nitrogens with one attached hydrogen (secondary N) is 2. The summed E-state index contributed by atoms with van der Waals surface area (Å²) in [7, 11) is 1.73. The second kappa shape index (κ2) is 6.20. The van der Waals surface area contributed by atoms with Crippen molar-refractivity contribution in [3.8, 4) is 11.8 Å². The molecule has 2 aliphatic rings. The number of carbonyl (C=O) groups excluding carboxylic acids is 2. The Bertz CT molecular complexity index is 843. The average Bonchev–Trinajstić information content (AvgIpc) is 2.90. The summed E-state index contributed by atoms with van der Waals surface area (Å²) in [5.74, 6) is 6.03. The molecule has 2 unspecified atom stereocenters. The number of imide groups is 1. The molecule has 0 spiro atoms. The van der Waals surface area contributed by atoms with E-state index in [4.69, 9.17) is 4.74 Å². The topological polar surface area (TPSA) is 79.8 Å². The molecule has 3 rings (SSSR count). The van der Waals surface area contributed by atoms with Gasteiger partial charge >= 0.3 is 6.03 Å². The maximum atomic E-state index is 11.5. The Hall–Kier alpha value is -3.07. The van der Waals surface area contributed by atoms with Gasteiger partial charge in [-0.15, -0.1) is 0 Å². The molecule has 3 amide bonds. The van der Waals surface area contributed by atoms with E-state index in [1.165, 1.54) is 0 Å². The van der Waals surface area contributed by atoms with Crippen molar-refractivity contribution in [1.82, 2.24) is 10.6 Å². The summed E-state index contributed by atoms with van der Waals surface area (Å²) < 4.78 is 5.89. The van der Waals surface area contributed by atoms with Gasteiger partial charge in [0, 0.05) is 23.7 Å². The van der Waals surface area contributed by atoms with Crippen molar-refractivity contribution in [2.45, 2.75) is 26.0 Å². The normalized spacial score (nSPS) is 25.5. The number of carbonyl (C=O) groups is 2. The minimum Gasteiger partial charge on any atom is -0.484 e. The van der Waals surface area contributed by atoms with Crippen LogP contribution in [0.4, 0.5) is 4.79 Å². The summed E-state index contributed by atoms with van der Waals surface area (Å²) >= 11 is 0. The van der Waals surface area contributed by atoms with Crippen molar-refractivity contribution in [1.29, 1.82) is 0 Å². The summed E-state index contributed by atoms with van der Waals surface area (Å²) in [4.78, 5) is 26.9. The van der Waals surface area contributed by atoms with Gasteiger partial charge in [0.1, 0.15) is 17.6 Å². The van der Waals surface area contributed by atoms with Gasteiger partial charge in [-0.05, 0) is 32.1 Å². The van der Waals surface area contributed by atoms with Crippen LogP contribution in [0.1, 0.15) is 36.6 Å². The Morgan fingerprint density at radius 2 is 2.12 bits per heavy atom. The molecule has 1 saturated heterocycles. The van der Waals surface area contributed by atoms with E-state index >= 15 is 0 Å². The van der Waals surface area contributed by atoms with Crippen LogP contribution in [0.5, 0.6) is 0 Å². The summed E-state index contributed by atoms with van der Waals surface area (Å²) in [5, 5.41) is 4.60. The lowest BCUT2D eigenvalue weighted by Crippen LogP contribution is -2.26. The number of nitrogens with zero attached hydrogens (tertiary/aromatic N) is 1. The third kappa shape index (κ3) is 2.76. The first-order valence-corrected chi connectivity index (χ1v) is 7.61. The highest BCUT2D eigenvalue weighted by Crippen LogP contribution is 2.32. The van der Waals surface area contributed by atoms with Crippen molar-refractivity contribution in [3.05, 3.63) is 46.7 Å². The van der Waals surface area contributed by atoms with Crippen LogP contribution in [-0.2, 0) is 9.53 Å². The predicted molar refractivity (Wildman–Crippen MR) is 89.5 cm³/mol. The molecular formula is C18H17N3O3. The van der Waals surface area contributed by atoms with Crippen LogP contribution in [0.3, 0.4) is 0 Å². The van der Waals surface area contributed by atoms with Gasteiger partial charge in [0.15, 0.2) is 6.04 Å². The third-order valence-electron chi connectivity index (χ3n) is 3.90. The van der Waals surface area contributed by atoms with E-state index in [1.807, 2.05) is 38.1 Å². The molecule has 0 radical (unpaired) electrons. The van der Waals surface area contributed by atoms with Gasteiger partial charge in [0.25, 0.3) is 5.91 Å². The number of urea groups is 1. The summed E-state index contributed by atoms with van der Waals surface area (Å²) in [5.41, 5.74) is 3.57. The first kappa shape index (κ1) is 15.8. The molecule has 0 aromatic heterocycles. The highest BCUT2D eigenvalue weighted by molar-refractivity contribution is 6.13. The van der Waals surface area contributed by atoms with Crippen molar-refractivity contribution < 1.29 is 14.3 Å². The highest BCUT2D eigenvalue weighted by atomic mass is 16.5. The predicted octanol–water partition coefficient (Wildman–Crippen LogP) is 1.66. The van der Waals surface area contributed by atoms with Crippen molar-refractivity contribution in [2.75, 3.05) is 7.05 Å². The van der Waals surface area contributed by atoms with Crippen molar-refractivity contribution in [3.63, 3.8) is 0 Å². The van der Waals surface area contributed by atoms with E-state index in [0.29, 0.717) is 0 Å². The van der Waals surface area contributed by atoms with E-state index in [1.54, 1.807) is 7.05 Å². The summed E-state index contributed by atoms with van der Waals surface area (Å²) in [6.07, 6.45) is 1.78. The largest absolute Gasteiger partial charge is 0.484 e. The smallest absolute Gasteiger partial charge is 0.322 e. The Morgan fingerprint density at radius 1 is 1.33 bits per heavy atom. The minimum absolute atomic E-state index is 0.118. The van der Waals surface area contributed by atoms with Gasteiger partial charge in [0.2, 0.25) is 0 Å². The van der Waals surface area contributed by atoms with Gasteiger partial charge in [-0.3, -0.25) is 15.1 Å². The quantitative estimate of drug-likeness (QED) is 0.563. The van der Waals surface area contributed by atoms with Gasteiger partial charge in [-0.1, -0.05) is 17.9 Å². The van der Waals surface area contributed by atoms with Crippen molar-refractivity contribution in [2.24, 2.45) is 4.99 Å². The van der Waals surface area contributed by atoms with Crippen molar-refractivity contribution >= 4 is 17.6 Å². The van der Waals surface area contributed by atoms with E-state index < -0.39 is 18.0 Å². The fourth-order valence-electron chi connectivity index (χ4n) is 2.74. The van der Waals surface area contributed by atoms with E-state index in [0.717, 1.165) is 28.2 Å². The number of ether oxygens (including phenoxy) is 1. The number of benzene rings is 1. The summed E-state index contributed by atoms with van der Waals surface area (Å²) in [6.45, 7) is 3.88. The SMILES string of the molecule is C/C=C1/OC(C)c2cc(C#CC3NC(=O)NC3=O)ccc2C1=NC. The molecule has 1 fully saturated rings. The molecule has 2 aliphatic heterocycles. The first-order chi connectivity index (χ1) is 11.5. The maximum Gasteiger partial charge on any atom is 0.322 e. The Labute approximate surface area is 140 Å². The molecule has 122 valence electrons. The lowest BCUT2D eigenvalue weighted by atomic mass is 9.93. The average molecular weight is 323 g/mol. The maximum absolute atomic E-state index is 11.5. The van der Waals surface area contributed by atoms with Crippen LogP contribution < -0.4 is 10.6 Å². The fourth-order valence-corrected chi connectivity index (χ4v) is 2.74. The fraction of sp³-hybridized carbons (Fsp3) is 0.278. The molecule has 0 saturated carbocycles. The lowest BCUT2D eigenvalue weighted by Gasteiger charge is -2.27. The zero-order valence-electron chi connectivity index (χ0n) is 13.6. The number of fused-ring (bicyclic) bond motifs is 1. The standard InChI is InChI=1S/C18H17N3O3/c1-4-15-16(19-3)12-7-5-11(9-13(12)10(2)24-15)6-8-14-17(22)21-18(23)20-14/h4-5,7,9-10,14H,1-3H3,(H2,20,21,22,23)/b15-4+,19-16?. The van der Waals surface area contributed by atoms with Crippen LogP contribution in [0.2, 0.25) is 0 Å². The lowest BCUT2D eigenvalue weighted by molar-refractivity contribution is -0.119. The molecule has 0 aliphatic carbocycles. The number of hydrogen-bond donors (Lipinski definition) is 2. The second-order valence-corrected chi connectivity index (χ2v) is 5.45. The molecule has 2 N–H and O–H groups in total. The van der Waals surface area contributed by atoms with Gasteiger partial charge < -0.3 is 10.1 Å². The molecule has 1 aromatic rings. The zero-order chi connectivity index (χ0) is 17.3. The van der Waals surface area contributed by atoms with E-state index in [-0.39, 0.29) is 6.10 Å². The Morgan fingerprint density at radius 3 is 2.75 bits per heavy atom. The van der Waals surface area contributed by atoms with E-state index in [9.17, 15) is 9.59 Å². The third-order valence-corrected chi connectivity index (χ3v) is 3.90. The van der Waals surface area contributed by atoms with Crippen LogP contribution in [-0.4, -0.2) is 30.7 Å². The Balaban J connectivity index is 1.94. The molecule has 2 heterocycles. The molecular weight excluding hydrogens is 306 g/mol. The van der Waals surface area contributed by atoms with E-state index in [2.05, 4.69) is 27.5 Å². The molecule has 1 aromatic carbocycles. The molecule has 0 bridgehead atoms. The monoisotopic (exact) mass is 323 g/mol. The minimum atomic E-state index is -0.815. The number of rotatable bonds is 0. The number of aliphatic imine (C=N–C) groups is 1. The number of allylic oxidation sites excluding steroid dienone is 2. The molecule has 6 nitrogen and oxygen atoms in total. The zero-order valence-corrected chi connectivity index (χ0v) is 13.6. The number of hydrogen-bond acceptors (Lipinski definition) is 4. The number of amides is 3. The van der Waals surface area contributed by atoms with Crippen LogP contribution in [0.15, 0.2) is 35.0 Å². The summed E-state index contributed by atoms with van der Waals surface area (Å²) in [6, 6.07) is 4.42. The van der Waals surface area contributed by atoms with Crippen LogP contribution in [0, 0.1) is 11.8 Å².